The highest BCUT2D eigenvalue weighted by Gasteiger charge is 2.34. The molecule has 2 aromatic carbocycles. The third-order valence-corrected chi connectivity index (χ3v) is 4.28. The fourth-order valence-corrected chi connectivity index (χ4v) is 3.17. The molecule has 1 heterocycles. The predicted octanol–water partition coefficient (Wildman–Crippen LogP) is 4.43. The fourth-order valence-electron chi connectivity index (χ4n) is 3.17. The maximum absolute atomic E-state index is 12.5. The van der Waals surface area contributed by atoms with Crippen LogP contribution in [0.25, 0.3) is 0 Å². The van der Waals surface area contributed by atoms with E-state index in [9.17, 15) is 4.79 Å². The number of hydrogen-bond donors (Lipinski definition) is 2. The zero-order chi connectivity index (χ0) is 18.0. The molecular weight excluding hydrogens is 316 g/mol. The molecule has 25 heavy (non-hydrogen) atoms. The lowest BCUT2D eigenvalue weighted by Crippen LogP contribution is -2.42. The van der Waals surface area contributed by atoms with Crippen molar-refractivity contribution in [3.05, 3.63) is 53.6 Å². The largest absolute Gasteiger partial charge is 0.495 e. The molecular formula is C20H24N2O3. The first-order chi connectivity index (χ1) is 11.9. The van der Waals surface area contributed by atoms with E-state index in [4.69, 9.17) is 9.47 Å². The van der Waals surface area contributed by atoms with Crippen LogP contribution in [0.15, 0.2) is 42.5 Å². The Morgan fingerprint density at radius 2 is 2.00 bits per heavy atom. The van der Waals surface area contributed by atoms with Crippen LogP contribution in [-0.2, 0) is 0 Å². The van der Waals surface area contributed by atoms with Gasteiger partial charge >= 0.3 is 6.03 Å². The summed E-state index contributed by atoms with van der Waals surface area (Å²) in [7, 11) is 1.58. The summed E-state index contributed by atoms with van der Waals surface area (Å²) in [6, 6.07) is 13.0. The number of anilines is 1. The van der Waals surface area contributed by atoms with Gasteiger partial charge in [0, 0.05) is 12.0 Å². The van der Waals surface area contributed by atoms with Gasteiger partial charge in [0.25, 0.3) is 0 Å². The normalized spacial score (nSPS) is 17.8. The van der Waals surface area contributed by atoms with Crippen LogP contribution in [0.5, 0.6) is 11.5 Å². The maximum atomic E-state index is 12.5. The molecule has 0 spiro atoms. The van der Waals surface area contributed by atoms with Gasteiger partial charge in [0.15, 0.2) is 0 Å². The summed E-state index contributed by atoms with van der Waals surface area (Å²) < 4.78 is 11.3. The lowest BCUT2D eigenvalue weighted by molar-refractivity contribution is 0.0682. The van der Waals surface area contributed by atoms with E-state index in [2.05, 4.69) is 16.7 Å². The molecule has 0 unspecified atom stereocenters. The highest BCUT2D eigenvalue weighted by Crippen LogP contribution is 2.39. The molecule has 3 rings (SSSR count). The number of nitrogens with one attached hydrogen (secondary N) is 2. The van der Waals surface area contributed by atoms with Gasteiger partial charge in [-0.25, -0.2) is 4.79 Å². The smallest absolute Gasteiger partial charge is 0.319 e. The highest BCUT2D eigenvalue weighted by atomic mass is 16.5. The Hall–Kier alpha value is -2.69. The standard InChI is InChI=1S/C20H24N2O3/c1-13-9-10-17-14(11-13)16(12-20(2,3)25-17)22-19(23)21-15-7-5-6-8-18(15)24-4/h5-11,16H,12H2,1-4H3,(H2,21,22,23)/t16-/m1/s1. The number of urea groups is 1. The molecule has 0 bridgehead atoms. The Kier molecular flexibility index (Phi) is 4.57. The number of para-hydroxylation sites is 2. The van der Waals surface area contributed by atoms with Crippen LogP contribution < -0.4 is 20.1 Å². The van der Waals surface area contributed by atoms with E-state index in [1.165, 1.54) is 0 Å². The second kappa shape index (κ2) is 6.67. The van der Waals surface area contributed by atoms with E-state index in [1.807, 2.05) is 57.2 Å². The summed E-state index contributed by atoms with van der Waals surface area (Å²) in [6.45, 7) is 6.09. The summed E-state index contributed by atoms with van der Waals surface area (Å²) in [4.78, 5) is 12.5. The first kappa shape index (κ1) is 17.1. The number of amides is 2. The van der Waals surface area contributed by atoms with Crippen LogP contribution in [0, 0.1) is 6.92 Å². The van der Waals surface area contributed by atoms with Crippen LogP contribution in [0.2, 0.25) is 0 Å². The van der Waals surface area contributed by atoms with Gasteiger partial charge in [-0.3, -0.25) is 0 Å². The van der Waals surface area contributed by atoms with Crippen molar-refractivity contribution < 1.29 is 14.3 Å². The van der Waals surface area contributed by atoms with Gasteiger partial charge in [0.1, 0.15) is 17.1 Å². The summed E-state index contributed by atoms with van der Waals surface area (Å²) >= 11 is 0. The van der Waals surface area contributed by atoms with Gasteiger partial charge in [-0.2, -0.15) is 0 Å². The van der Waals surface area contributed by atoms with Gasteiger partial charge in [-0.1, -0.05) is 29.8 Å². The highest BCUT2D eigenvalue weighted by molar-refractivity contribution is 5.91. The molecule has 2 amide bonds. The summed E-state index contributed by atoms with van der Waals surface area (Å²) in [5.41, 5.74) is 2.44. The quantitative estimate of drug-likeness (QED) is 0.869. The van der Waals surface area contributed by atoms with Gasteiger partial charge in [-0.15, -0.1) is 0 Å². The molecule has 2 N–H and O–H groups in total. The fraction of sp³-hybridized carbons (Fsp3) is 0.350. The summed E-state index contributed by atoms with van der Waals surface area (Å²) in [5, 5.41) is 5.94. The number of rotatable bonds is 3. The number of methoxy groups -OCH3 is 1. The van der Waals surface area contributed by atoms with Crippen LogP contribution in [-0.4, -0.2) is 18.7 Å². The summed E-state index contributed by atoms with van der Waals surface area (Å²) in [6.07, 6.45) is 0.697. The molecule has 0 aromatic heterocycles. The predicted molar refractivity (Wildman–Crippen MR) is 98.4 cm³/mol. The molecule has 0 saturated heterocycles. The van der Waals surface area contributed by atoms with Crippen LogP contribution >= 0.6 is 0 Å². The van der Waals surface area contributed by atoms with Crippen molar-refractivity contribution in [1.29, 1.82) is 0 Å². The Morgan fingerprint density at radius 1 is 1.24 bits per heavy atom. The number of hydrogen-bond acceptors (Lipinski definition) is 3. The van der Waals surface area contributed by atoms with E-state index in [0.29, 0.717) is 17.9 Å². The Morgan fingerprint density at radius 3 is 2.76 bits per heavy atom. The van der Waals surface area contributed by atoms with Crippen molar-refractivity contribution >= 4 is 11.7 Å². The Balaban J connectivity index is 1.80. The number of ether oxygens (including phenoxy) is 2. The van der Waals surface area contributed by atoms with Gasteiger partial charge < -0.3 is 20.1 Å². The number of carbonyl (C=O) groups excluding carboxylic acids is 1. The van der Waals surface area contributed by atoms with E-state index in [0.717, 1.165) is 16.9 Å². The molecule has 132 valence electrons. The first-order valence-corrected chi connectivity index (χ1v) is 8.38. The van der Waals surface area contributed by atoms with E-state index in [-0.39, 0.29) is 17.7 Å². The van der Waals surface area contributed by atoms with Crippen LogP contribution in [0.3, 0.4) is 0 Å². The van der Waals surface area contributed by atoms with E-state index >= 15 is 0 Å². The number of aryl methyl sites for hydroxylation is 1. The second-order valence-electron chi connectivity index (χ2n) is 6.96. The molecule has 1 aliphatic rings. The number of fused-ring (bicyclic) bond motifs is 1. The molecule has 0 radical (unpaired) electrons. The summed E-state index contributed by atoms with van der Waals surface area (Å²) in [5.74, 6) is 1.45. The first-order valence-electron chi connectivity index (χ1n) is 8.38. The third-order valence-electron chi connectivity index (χ3n) is 4.28. The van der Waals surface area contributed by atoms with Crippen LogP contribution in [0.1, 0.15) is 37.4 Å². The van der Waals surface area contributed by atoms with Crippen molar-refractivity contribution in [1.82, 2.24) is 5.32 Å². The van der Waals surface area contributed by atoms with Crippen molar-refractivity contribution in [2.75, 3.05) is 12.4 Å². The molecule has 0 saturated carbocycles. The molecule has 2 aromatic rings. The molecule has 0 fully saturated rings. The minimum atomic E-state index is -0.343. The minimum Gasteiger partial charge on any atom is -0.495 e. The molecule has 1 atom stereocenters. The molecule has 1 aliphatic heterocycles. The van der Waals surface area contributed by atoms with Crippen LogP contribution in [0.4, 0.5) is 10.5 Å². The zero-order valence-corrected chi connectivity index (χ0v) is 15.1. The molecule has 0 aliphatic carbocycles. The topological polar surface area (TPSA) is 59.6 Å². The molecule has 5 nitrogen and oxygen atoms in total. The lowest BCUT2D eigenvalue weighted by atomic mass is 9.89. The third kappa shape index (κ3) is 3.87. The Labute approximate surface area is 148 Å². The number of benzene rings is 2. The van der Waals surface area contributed by atoms with Crippen molar-refractivity contribution in [2.24, 2.45) is 0 Å². The SMILES string of the molecule is COc1ccccc1NC(=O)N[C@@H]1CC(C)(C)Oc2ccc(C)cc21. The van der Waals surface area contributed by atoms with E-state index in [1.54, 1.807) is 7.11 Å². The average molecular weight is 340 g/mol. The Bertz CT molecular complexity index is 786. The molecule has 5 heteroatoms. The van der Waals surface area contributed by atoms with Gasteiger partial charge in [0.2, 0.25) is 0 Å². The minimum absolute atomic E-state index is 0.117. The maximum Gasteiger partial charge on any atom is 0.319 e. The average Bonchev–Trinajstić information content (AvgIpc) is 2.55. The lowest BCUT2D eigenvalue weighted by Gasteiger charge is -2.38. The van der Waals surface area contributed by atoms with Gasteiger partial charge in [0.05, 0.1) is 18.8 Å². The van der Waals surface area contributed by atoms with Crippen molar-refractivity contribution in [3.63, 3.8) is 0 Å². The van der Waals surface area contributed by atoms with Crippen molar-refractivity contribution in [2.45, 2.75) is 38.8 Å². The van der Waals surface area contributed by atoms with Crippen molar-refractivity contribution in [3.8, 4) is 11.5 Å². The monoisotopic (exact) mass is 340 g/mol. The van der Waals surface area contributed by atoms with E-state index < -0.39 is 0 Å². The van der Waals surface area contributed by atoms with Gasteiger partial charge in [-0.05, 0) is 39.0 Å². The second-order valence-corrected chi connectivity index (χ2v) is 6.96. The number of carbonyl (C=O) groups is 1. The zero-order valence-electron chi connectivity index (χ0n) is 15.1.